The topological polar surface area (TPSA) is 32.5 Å². The predicted octanol–water partition coefficient (Wildman–Crippen LogP) is 2.95. The van der Waals surface area contributed by atoms with Crippen LogP contribution in [-0.4, -0.2) is 56.1 Å². The fourth-order valence-corrected chi connectivity index (χ4v) is 3.76. The third kappa shape index (κ3) is 5.34. The van der Waals surface area contributed by atoms with E-state index in [0.29, 0.717) is 0 Å². The van der Waals surface area contributed by atoms with Crippen molar-refractivity contribution in [3.05, 3.63) is 0 Å². The SMILES string of the molecule is CCCC1CCCC(CN)(N(C)CCCN(C)C)CC1. The van der Waals surface area contributed by atoms with Crippen LogP contribution in [0.25, 0.3) is 0 Å². The van der Waals surface area contributed by atoms with Crippen LogP contribution in [0.4, 0.5) is 0 Å². The van der Waals surface area contributed by atoms with E-state index in [4.69, 9.17) is 5.73 Å². The monoisotopic (exact) mass is 283 g/mol. The summed E-state index contributed by atoms with van der Waals surface area (Å²) in [4.78, 5) is 4.85. The Kier molecular flexibility index (Phi) is 8.08. The first kappa shape index (κ1) is 17.9. The smallest absolute Gasteiger partial charge is 0.0328 e. The van der Waals surface area contributed by atoms with Crippen LogP contribution in [0.1, 0.15) is 58.3 Å². The Morgan fingerprint density at radius 1 is 1.10 bits per heavy atom. The van der Waals surface area contributed by atoms with Crippen molar-refractivity contribution < 1.29 is 0 Å². The van der Waals surface area contributed by atoms with Gasteiger partial charge in [0.15, 0.2) is 0 Å². The van der Waals surface area contributed by atoms with E-state index in [-0.39, 0.29) is 5.54 Å². The summed E-state index contributed by atoms with van der Waals surface area (Å²) in [6.45, 7) is 5.48. The molecule has 0 aromatic heterocycles. The van der Waals surface area contributed by atoms with Crippen molar-refractivity contribution in [1.82, 2.24) is 9.80 Å². The third-order valence-corrected chi connectivity index (χ3v) is 5.26. The van der Waals surface area contributed by atoms with Crippen LogP contribution in [0.5, 0.6) is 0 Å². The maximum Gasteiger partial charge on any atom is 0.0328 e. The van der Waals surface area contributed by atoms with Crippen LogP contribution >= 0.6 is 0 Å². The second-order valence-corrected chi connectivity index (χ2v) is 7.09. The van der Waals surface area contributed by atoms with Gasteiger partial charge in [0, 0.05) is 12.1 Å². The molecule has 1 aliphatic carbocycles. The molecule has 0 heterocycles. The summed E-state index contributed by atoms with van der Waals surface area (Å²) in [7, 11) is 6.60. The number of nitrogens with two attached hydrogens (primary N) is 1. The molecule has 0 aromatic rings. The molecule has 0 saturated heterocycles. The summed E-state index contributed by atoms with van der Waals surface area (Å²) >= 11 is 0. The Balaban J connectivity index is 2.52. The standard InChI is InChI=1S/C17H37N3/c1-5-8-16-9-6-11-17(15-18,12-10-16)20(4)14-7-13-19(2)3/h16H,5-15,18H2,1-4H3. The molecule has 0 radical (unpaired) electrons. The van der Waals surface area contributed by atoms with Crippen molar-refractivity contribution >= 4 is 0 Å². The molecule has 0 bridgehead atoms. The van der Waals surface area contributed by atoms with Crippen LogP contribution in [0.15, 0.2) is 0 Å². The van der Waals surface area contributed by atoms with E-state index in [0.717, 1.165) is 12.5 Å². The Morgan fingerprint density at radius 3 is 2.45 bits per heavy atom. The Hall–Kier alpha value is -0.120. The molecule has 1 rings (SSSR count). The lowest BCUT2D eigenvalue weighted by Crippen LogP contribution is -2.52. The van der Waals surface area contributed by atoms with E-state index in [1.807, 2.05) is 0 Å². The lowest BCUT2D eigenvalue weighted by atomic mass is 9.87. The molecule has 1 saturated carbocycles. The maximum absolute atomic E-state index is 6.21. The van der Waals surface area contributed by atoms with E-state index < -0.39 is 0 Å². The van der Waals surface area contributed by atoms with Crippen LogP contribution in [0.3, 0.4) is 0 Å². The van der Waals surface area contributed by atoms with Crippen molar-refractivity contribution in [3.8, 4) is 0 Å². The summed E-state index contributed by atoms with van der Waals surface area (Å²) in [5.41, 5.74) is 6.48. The fraction of sp³-hybridized carbons (Fsp3) is 1.00. The fourth-order valence-electron chi connectivity index (χ4n) is 3.76. The molecule has 3 heteroatoms. The molecular formula is C17H37N3. The normalized spacial score (nSPS) is 28.1. The minimum atomic E-state index is 0.273. The van der Waals surface area contributed by atoms with Crippen LogP contribution in [0.2, 0.25) is 0 Å². The summed E-state index contributed by atoms with van der Waals surface area (Å²) in [6, 6.07) is 0. The number of hydrogen-bond acceptors (Lipinski definition) is 3. The molecule has 0 aromatic carbocycles. The summed E-state index contributed by atoms with van der Waals surface area (Å²) in [5, 5.41) is 0. The van der Waals surface area contributed by atoms with Gasteiger partial charge in [-0.15, -0.1) is 0 Å². The first-order valence-electron chi connectivity index (χ1n) is 8.60. The molecule has 3 nitrogen and oxygen atoms in total. The molecule has 0 aliphatic heterocycles. The Morgan fingerprint density at radius 2 is 1.85 bits per heavy atom. The van der Waals surface area contributed by atoms with Gasteiger partial charge in [-0.3, -0.25) is 4.90 Å². The first-order chi connectivity index (χ1) is 9.54. The molecule has 120 valence electrons. The molecule has 0 amide bonds. The van der Waals surface area contributed by atoms with Gasteiger partial charge >= 0.3 is 0 Å². The predicted molar refractivity (Wildman–Crippen MR) is 89.1 cm³/mol. The second-order valence-electron chi connectivity index (χ2n) is 7.09. The zero-order valence-electron chi connectivity index (χ0n) is 14.3. The highest BCUT2D eigenvalue weighted by molar-refractivity contribution is 4.93. The highest BCUT2D eigenvalue weighted by Crippen LogP contribution is 2.35. The number of rotatable bonds is 8. The average Bonchev–Trinajstić information content (AvgIpc) is 2.62. The summed E-state index contributed by atoms with van der Waals surface area (Å²) in [6.07, 6.45) is 10.7. The van der Waals surface area contributed by atoms with E-state index in [9.17, 15) is 0 Å². The molecule has 2 unspecified atom stereocenters. The molecule has 20 heavy (non-hydrogen) atoms. The van der Waals surface area contributed by atoms with Gasteiger partial charge in [0.1, 0.15) is 0 Å². The zero-order valence-corrected chi connectivity index (χ0v) is 14.3. The molecule has 2 N–H and O–H groups in total. The van der Waals surface area contributed by atoms with Crippen molar-refractivity contribution in [1.29, 1.82) is 0 Å². The maximum atomic E-state index is 6.21. The second kappa shape index (κ2) is 9.01. The van der Waals surface area contributed by atoms with Crippen molar-refractivity contribution in [2.24, 2.45) is 11.7 Å². The van der Waals surface area contributed by atoms with E-state index in [1.54, 1.807) is 0 Å². The molecule has 1 fully saturated rings. The van der Waals surface area contributed by atoms with Crippen molar-refractivity contribution in [3.63, 3.8) is 0 Å². The molecular weight excluding hydrogens is 246 g/mol. The lowest BCUT2D eigenvalue weighted by molar-refractivity contribution is 0.102. The number of hydrogen-bond donors (Lipinski definition) is 1. The molecule has 2 atom stereocenters. The Labute approximate surface area is 126 Å². The van der Waals surface area contributed by atoms with Gasteiger partial charge in [0.25, 0.3) is 0 Å². The van der Waals surface area contributed by atoms with Gasteiger partial charge in [-0.05, 0) is 65.8 Å². The zero-order chi connectivity index (χ0) is 15.0. The third-order valence-electron chi connectivity index (χ3n) is 5.26. The summed E-state index contributed by atoms with van der Waals surface area (Å²) < 4.78 is 0. The number of likely N-dealkylation sites (N-methyl/N-ethyl adjacent to an activating group) is 1. The van der Waals surface area contributed by atoms with Crippen LogP contribution in [0, 0.1) is 5.92 Å². The van der Waals surface area contributed by atoms with Gasteiger partial charge in [0.2, 0.25) is 0 Å². The average molecular weight is 284 g/mol. The van der Waals surface area contributed by atoms with E-state index in [1.165, 1.54) is 64.5 Å². The van der Waals surface area contributed by atoms with E-state index >= 15 is 0 Å². The highest BCUT2D eigenvalue weighted by atomic mass is 15.2. The summed E-state index contributed by atoms with van der Waals surface area (Å²) in [5.74, 6) is 0.948. The minimum absolute atomic E-state index is 0.273. The largest absolute Gasteiger partial charge is 0.329 e. The van der Waals surface area contributed by atoms with Gasteiger partial charge in [-0.1, -0.05) is 32.6 Å². The van der Waals surface area contributed by atoms with Gasteiger partial charge in [0.05, 0.1) is 0 Å². The minimum Gasteiger partial charge on any atom is -0.329 e. The first-order valence-corrected chi connectivity index (χ1v) is 8.60. The lowest BCUT2D eigenvalue weighted by Gasteiger charge is -2.41. The highest BCUT2D eigenvalue weighted by Gasteiger charge is 2.35. The van der Waals surface area contributed by atoms with Gasteiger partial charge in [-0.2, -0.15) is 0 Å². The van der Waals surface area contributed by atoms with E-state index in [2.05, 4.69) is 37.9 Å². The molecule has 1 aliphatic rings. The van der Waals surface area contributed by atoms with Crippen molar-refractivity contribution in [2.75, 3.05) is 40.8 Å². The molecule has 0 spiro atoms. The number of nitrogens with zero attached hydrogens (tertiary/aromatic N) is 2. The van der Waals surface area contributed by atoms with Gasteiger partial charge < -0.3 is 10.6 Å². The Bertz CT molecular complexity index is 255. The van der Waals surface area contributed by atoms with Crippen LogP contribution in [-0.2, 0) is 0 Å². The quantitative estimate of drug-likeness (QED) is 0.695. The van der Waals surface area contributed by atoms with Gasteiger partial charge in [-0.25, -0.2) is 0 Å². The van der Waals surface area contributed by atoms with Crippen molar-refractivity contribution in [2.45, 2.75) is 63.8 Å². The van der Waals surface area contributed by atoms with Crippen LogP contribution < -0.4 is 5.73 Å².